The second kappa shape index (κ2) is 18.9. The lowest BCUT2D eigenvalue weighted by Crippen LogP contribution is -2.45. The number of amides is 2. The molecular weight excluding hydrogens is 554 g/mol. The number of unbranched alkanes of at least 4 members (excludes halogenated alkanes) is 2. The summed E-state index contributed by atoms with van der Waals surface area (Å²) in [5.74, 6) is 1.48. The average molecular weight is 608 g/mol. The molecule has 4 N–H and O–H groups in total. The first-order valence-corrected chi connectivity index (χ1v) is 16.4. The molecule has 1 aromatic heterocycles. The summed E-state index contributed by atoms with van der Waals surface area (Å²) in [5, 5.41) is 18.3. The van der Waals surface area contributed by atoms with Crippen molar-refractivity contribution in [2.24, 2.45) is 5.92 Å². The van der Waals surface area contributed by atoms with Crippen molar-refractivity contribution in [3.63, 3.8) is 0 Å². The molecule has 4 rings (SSSR count). The average Bonchev–Trinajstić information content (AvgIpc) is 3.87. The molecule has 1 atom stereocenters. The summed E-state index contributed by atoms with van der Waals surface area (Å²) in [5.41, 5.74) is 4.52. The van der Waals surface area contributed by atoms with Gasteiger partial charge in [-0.1, -0.05) is 51.8 Å². The molecular formula is C35H53N5O4. The van der Waals surface area contributed by atoms with Crippen LogP contribution in [-0.4, -0.2) is 72.7 Å². The van der Waals surface area contributed by atoms with Crippen molar-refractivity contribution in [2.45, 2.75) is 84.6 Å². The molecule has 1 saturated carbocycles. The minimum atomic E-state index is -0.176. The predicted molar refractivity (Wildman–Crippen MR) is 176 cm³/mol. The van der Waals surface area contributed by atoms with E-state index in [2.05, 4.69) is 47.8 Å². The van der Waals surface area contributed by atoms with Crippen molar-refractivity contribution in [3.05, 3.63) is 65.1 Å². The van der Waals surface area contributed by atoms with Gasteiger partial charge in [0.05, 0.1) is 18.8 Å². The maximum atomic E-state index is 12.6. The van der Waals surface area contributed by atoms with Crippen LogP contribution < -0.4 is 20.7 Å². The normalized spacial score (nSPS) is 19.8. The van der Waals surface area contributed by atoms with Gasteiger partial charge in [-0.2, -0.15) is 0 Å². The molecule has 0 radical (unpaired) electrons. The lowest BCUT2D eigenvalue weighted by atomic mass is 10.0. The van der Waals surface area contributed by atoms with E-state index in [9.17, 15) is 9.59 Å². The molecule has 0 bridgehead atoms. The van der Waals surface area contributed by atoms with Crippen LogP contribution in [0.25, 0.3) is 0 Å². The van der Waals surface area contributed by atoms with Crippen LogP contribution >= 0.6 is 0 Å². The number of pyridine rings is 1. The number of hydrogen-bond acceptors (Lipinski definition) is 7. The molecule has 1 aromatic carbocycles. The number of rotatable bonds is 6. The summed E-state index contributed by atoms with van der Waals surface area (Å²) in [6.07, 6.45) is 13.1. The Labute approximate surface area is 263 Å². The van der Waals surface area contributed by atoms with Crippen LogP contribution in [0.5, 0.6) is 11.5 Å². The smallest absolute Gasteiger partial charge is 0.239 e. The van der Waals surface area contributed by atoms with E-state index in [-0.39, 0.29) is 30.9 Å². The van der Waals surface area contributed by atoms with Crippen molar-refractivity contribution >= 4 is 11.8 Å². The topological polar surface area (TPSA) is 116 Å². The van der Waals surface area contributed by atoms with Crippen molar-refractivity contribution in [3.8, 4) is 11.5 Å². The van der Waals surface area contributed by atoms with Crippen molar-refractivity contribution in [1.29, 1.82) is 0 Å². The number of aromatic nitrogens is 1. The maximum absolute atomic E-state index is 12.6. The molecule has 2 aromatic rings. The van der Waals surface area contributed by atoms with Gasteiger partial charge in [0, 0.05) is 38.1 Å². The minimum absolute atomic E-state index is 0.0101. The van der Waals surface area contributed by atoms with E-state index in [0.29, 0.717) is 24.8 Å². The monoisotopic (exact) mass is 607 g/mol. The number of allylic oxidation sites excluding steroid dienone is 1. The van der Waals surface area contributed by atoms with Crippen LogP contribution in [-0.2, 0) is 28.9 Å². The number of aromatic hydroxyl groups is 1. The number of phenolic OH excluding ortho intramolecular Hbond substituents is 1. The number of ether oxygens (including phenoxy) is 1. The molecule has 1 aliphatic heterocycles. The molecule has 2 heterocycles. The van der Waals surface area contributed by atoms with Crippen LogP contribution in [0.1, 0.15) is 76.1 Å². The highest BCUT2D eigenvalue weighted by Gasteiger charge is 2.35. The Morgan fingerprint density at radius 3 is 2.48 bits per heavy atom. The van der Waals surface area contributed by atoms with E-state index in [0.717, 1.165) is 74.2 Å². The molecule has 0 saturated heterocycles. The van der Waals surface area contributed by atoms with Crippen molar-refractivity contribution in [2.75, 3.05) is 39.8 Å². The number of benzene rings is 1. The highest BCUT2D eigenvalue weighted by Crippen LogP contribution is 2.36. The zero-order chi connectivity index (χ0) is 31.7. The molecule has 9 nitrogen and oxygen atoms in total. The van der Waals surface area contributed by atoms with Gasteiger partial charge < -0.3 is 30.7 Å². The standard InChI is InChI=1S/C27H43N5O3.C8H10O/c1-4-6-7-10-23-26(21-11-12-21)30-16-17-35-27-20(5-2)13-15-28-22(27)9-8-14-29-24(33)18-31-25(34)19-32(23)3;1-2-7-3-5-8(9)6-4-7/h10,13,15,21,26,30H,4-9,11-12,14,16-19H2,1-3H3,(H,29,33)(H,31,34);3-6,9H,2H2,1H3/b23-10+;. The molecule has 1 aliphatic carbocycles. The highest BCUT2D eigenvalue weighted by molar-refractivity contribution is 5.85. The number of phenols is 1. The second-order valence-electron chi connectivity index (χ2n) is 11.6. The minimum Gasteiger partial charge on any atom is -0.508 e. The Morgan fingerprint density at radius 2 is 1.80 bits per heavy atom. The van der Waals surface area contributed by atoms with E-state index in [1.54, 1.807) is 12.1 Å². The van der Waals surface area contributed by atoms with E-state index in [1.807, 2.05) is 36.3 Å². The summed E-state index contributed by atoms with van der Waals surface area (Å²) in [7, 11) is 1.97. The zero-order valence-electron chi connectivity index (χ0n) is 27.2. The van der Waals surface area contributed by atoms with Gasteiger partial charge in [0.2, 0.25) is 11.8 Å². The summed E-state index contributed by atoms with van der Waals surface area (Å²) in [6, 6.07) is 9.48. The lowest BCUT2D eigenvalue weighted by molar-refractivity contribution is -0.126. The van der Waals surface area contributed by atoms with E-state index >= 15 is 0 Å². The van der Waals surface area contributed by atoms with Gasteiger partial charge >= 0.3 is 0 Å². The maximum Gasteiger partial charge on any atom is 0.239 e. The van der Waals surface area contributed by atoms with Gasteiger partial charge in [0.15, 0.2) is 0 Å². The fourth-order valence-corrected chi connectivity index (χ4v) is 5.27. The number of carbonyl (C=O) groups excluding carboxylic acids is 2. The number of likely N-dealkylation sites (N-methyl/N-ethyl adjacent to an activating group) is 1. The Bertz CT molecular complexity index is 1200. The summed E-state index contributed by atoms with van der Waals surface area (Å²) in [4.78, 5) is 31.4. The third kappa shape index (κ3) is 11.8. The van der Waals surface area contributed by atoms with Gasteiger partial charge in [-0.05, 0) is 80.2 Å². The first-order chi connectivity index (χ1) is 21.4. The summed E-state index contributed by atoms with van der Waals surface area (Å²) in [6.45, 7) is 8.43. The SMILES string of the molecule is CCCC/C=C1\C(C2CC2)NCCOc2c(CC)ccnc2CCCNC(=O)CNC(=O)CN1C.CCc1ccc(O)cc1. The van der Waals surface area contributed by atoms with Crippen LogP contribution in [0.4, 0.5) is 0 Å². The second-order valence-corrected chi connectivity index (χ2v) is 11.6. The molecule has 9 heteroatoms. The molecule has 242 valence electrons. The molecule has 2 aliphatic rings. The van der Waals surface area contributed by atoms with Crippen molar-refractivity contribution in [1.82, 2.24) is 25.8 Å². The Kier molecular flexibility index (Phi) is 15.0. The van der Waals surface area contributed by atoms with Crippen LogP contribution in [0, 0.1) is 5.92 Å². The highest BCUT2D eigenvalue weighted by atomic mass is 16.5. The fraction of sp³-hybridized carbons (Fsp3) is 0.571. The number of nitrogens with one attached hydrogen (secondary N) is 3. The van der Waals surface area contributed by atoms with E-state index in [4.69, 9.17) is 9.84 Å². The van der Waals surface area contributed by atoms with Crippen LogP contribution in [0.2, 0.25) is 0 Å². The van der Waals surface area contributed by atoms with Gasteiger partial charge in [-0.3, -0.25) is 14.6 Å². The lowest BCUT2D eigenvalue weighted by Gasteiger charge is -2.30. The Morgan fingerprint density at radius 1 is 1.02 bits per heavy atom. The molecule has 1 fully saturated rings. The largest absolute Gasteiger partial charge is 0.508 e. The molecule has 44 heavy (non-hydrogen) atoms. The zero-order valence-corrected chi connectivity index (χ0v) is 27.2. The van der Waals surface area contributed by atoms with Crippen LogP contribution in [0.15, 0.2) is 48.3 Å². The van der Waals surface area contributed by atoms with Gasteiger partial charge in [0.1, 0.15) is 18.1 Å². The first kappa shape index (κ1) is 34.9. The number of carbonyl (C=O) groups is 2. The van der Waals surface area contributed by atoms with E-state index < -0.39 is 0 Å². The first-order valence-electron chi connectivity index (χ1n) is 16.4. The number of hydrogen-bond donors (Lipinski definition) is 4. The molecule has 2 amide bonds. The fourth-order valence-electron chi connectivity index (χ4n) is 5.27. The molecule has 1 unspecified atom stereocenters. The molecule has 0 spiro atoms. The van der Waals surface area contributed by atoms with Gasteiger partial charge in [-0.15, -0.1) is 0 Å². The number of fused-ring (bicyclic) bond motifs is 1. The number of aryl methyl sites for hydroxylation is 3. The van der Waals surface area contributed by atoms with Gasteiger partial charge in [-0.25, -0.2) is 0 Å². The Hall–Kier alpha value is -3.59. The third-order valence-electron chi connectivity index (χ3n) is 8.00. The summed E-state index contributed by atoms with van der Waals surface area (Å²) >= 11 is 0. The van der Waals surface area contributed by atoms with E-state index in [1.165, 1.54) is 18.4 Å². The van der Waals surface area contributed by atoms with Crippen LogP contribution in [0.3, 0.4) is 0 Å². The third-order valence-corrected chi connectivity index (χ3v) is 8.00. The predicted octanol–water partition coefficient (Wildman–Crippen LogP) is 4.53. The van der Waals surface area contributed by atoms with Gasteiger partial charge in [0.25, 0.3) is 0 Å². The Balaban J connectivity index is 0.000000502. The number of nitrogens with zero attached hydrogens (tertiary/aromatic N) is 2. The summed E-state index contributed by atoms with van der Waals surface area (Å²) < 4.78 is 6.29. The quantitative estimate of drug-likeness (QED) is 0.357. The van der Waals surface area contributed by atoms with Crippen molar-refractivity contribution < 1.29 is 19.4 Å².